The molecule has 4 aromatic carbocycles. The number of carbonyl (C=O) groups excluding carboxylic acids is 8. The molecule has 5 aliphatic rings. The molecule has 1 aromatic heterocycles. The number of fused-ring (bicyclic) bond motifs is 11. The van der Waals surface area contributed by atoms with E-state index in [1.807, 2.05) is 99.1 Å². The maximum absolute atomic E-state index is 14.9. The molecule has 0 unspecified atom stereocenters. The third-order valence-electron chi connectivity index (χ3n) is 23.6. The molecule has 8 atom stereocenters. The molecule has 0 radical (unpaired) electrons. The molecule has 2 heterocycles. The Balaban J connectivity index is 0.579. The number of nitrogens with two attached hydrogens (primary N) is 1. The first kappa shape index (κ1) is 84.3. The molecule has 0 spiro atoms. The Morgan fingerprint density at radius 2 is 1.11 bits per heavy atom. The lowest BCUT2D eigenvalue weighted by atomic mass is 9.49. The first-order valence-corrected chi connectivity index (χ1v) is 40.0. The number of unbranched alkanes of at least 4 members (excludes halogenated alkanes) is 1. The van der Waals surface area contributed by atoms with E-state index in [0.29, 0.717) is 95.9 Å². The van der Waals surface area contributed by atoms with Crippen molar-refractivity contribution < 1.29 is 71.5 Å². The summed E-state index contributed by atoms with van der Waals surface area (Å²) >= 11 is 0. The SMILES string of the molecule is CCCCOCCOCCOCCn1nnc2c1-c1ccccc1N(C(=O)CCC(=O)NCCOCCOCCOCCOCCC(=O)N[C@H](C(=O)C[C@@H](C)C(=O)Nc1ccc3c(c1)[C@@]1(C)CCC[C@](C)(C(=O)NC(=O)[C@@]4(C)CCC[C@]5(C)c6cc(NC(=O)CN)ccc6CC[C@@H]45)[C@@H]1CC3)C(C)C)Cc1ccccc1-2. The molecule has 5 aromatic rings. The van der Waals surface area contributed by atoms with Crippen molar-refractivity contribution in [1.82, 2.24) is 30.9 Å². The zero-order valence-electron chi connectivity index (χ0n) is 66.0. The predicted octanol–water partition coefficient (Wildman–Crippen LogP) is 10.3. The Morgan fingerprint density at radius 3 is 1.69 bits per heavy atom. The molecule has 25 heteroatoms. The van der Waals surface area contributed by atoms with E-state index in [1.165, 1.54) is 11.1 Å². The number of ether oxygens (including phenoxy) is 7. The molecule has 1 aliphatic heterocycles. The minimum Gasteiger partial charge on any atom is -0.379 e. The fourth-order valence-corrected chi connectivity index (χ4v) is 17.6. The summed E-state index contributed by atoms with van der Waals surface area (Å²) in [6, 6.07) is 26.8. The van der Waals surface area contributed by atoms with Gasteiger partial charge in [0.05, 0.1) is 134 Å². The highest BCUT2D eigenvalue weighted by atomic mass is 16.6. The van der Waals surface area contributed by atoms with Crippen LogP contribution < -0.4 is 37.2 Å². The molecule has 2 fully saturated rings. The third-order valence-corrected chi connectivity index (χ3v) is 23.6. The van der Waals surface area contributed by atoms with Crippen LogP contribution in [0.3, 0.4) is 0 Å². The van der Waals surface area contributed by atoms with Crippen molar-refractivity contribution in [2.45, 2.75) is 188 Å². The molecule has 4 aliphatic carbocycles. The van der Waals surface area contributed by atoms with Crippen LogP contribution in [0.25, 0.3) is 22.5 Å². The van der Waals surface area contributed by atoms with Crippen LogP contribution in [0, 0.1) is 34.5 Å². The summed E-state index contributed by atoms with van der Waals surface area (Å²) in [5.41, 5.74) is 14.0. The fourth-order valence-electron chi connectivity index (χ4n) is 17.6. The molecule has 25 nitrogen and oxygen atoms in total. The van der Waals surface area contributed by atoms with E-state index >= 15 is 0 Å². The number of carbonyl (C=O) groups is 8. The quantitative estimate of drug-likeness (QED) is 0.0156. The van der Waals surface area contributed by atoms with Gasteiger partial charge in [0.15, 0.2) is 5.78 Å². The van der Waals surface area contributed by atoms with Crippen molar-refractivity contribution in [3.8, 4) is 22.5 Å². The summed E-state index contributed by atoms with van der Waals surface area (Å²) in [7, 11) is 0. The number of para-hydroxylation sites is 1. The van der Waals surface area contributed by atoms with Crippen LogP contribution in [0.15, 0.2) is 84.9 Å². The van der Waals surface area contributed by atoms with Gasteiger partial charge in [0.1, 0.15) is 5.69 Å². The summed E-state index contributed by atoms with van der Waals surface area (Å²) in [6.45, 7) is 22.2. The molecule has 10 rings (SSSR count). The van der Waals surface area contributed by atoms with Gasteiger partial charge in [-0.3, -0.25) is 43.7 Å². The van der Waals surface area contributed by atoms with Crippen LogP contribution in [-0.2, 0) is 108 Å². The van der Waals surface area contributed by atoms with E-state index in [-0.39, 0.29) is 142 Å². The highest BCUT2D eigenvalue weighted by Gasteiger charge is 2.59. The topological polar surface area (TPSA) is 321 Å². The number of aryl methyl sites for hydroxylation is 2. The van der Waals surface area contributed by atoms with Gasteiger partial charge in [0.25, 0.3) is 0 Å². The number of hydrogen-bond acceptors (Lipinski definition) is 18. The number of benzene rings is 4. The number of anilines is 3. The zero-order valence-corrected chi connectivity index (χ0v) is 66.0. The van der Waals surface area contributed by atoms with E-state index < -0.39 is 28.2 Å². The predicted molar refractivity (Wildman–Crippen MR) is 420 cm³/mol. The number of amides is 7. The maximum Gasteiger partial charge on any atom is 0.238 e. The minimum atomic E-state index is -0.831. The Labute approximate surface area is 648 Å². The summed E-state index contributed by atoms with van der Waals surface area (Å²) in [4.78, 5) is 112. The van der Waals surface area contributed by atoms with Gasteiger partial charge in [0, 0.05) is 67.3 Å². The van der Waals surface area contributed by atoms with E-state index in [9.17, 15) is 38.4 Å². The summed E-state index contributed by atoms with van der Waals surface area (Å²) in [6.07, 6.45) is 9.87. The summed E-state index contributed by atoms with van der Waals surface area (Å²) < 4.78 is 41.6. The van der Waals surface area contributed by atoms with E-state index in [1.54, 1.807) is 11.8 Å². The van der Waals surface area contributed by atoms with Crippen molar-refractivity contribution in [3.63, 3.8) is 0 Å². The van der Waals surface area contributed by atoms with Crippen molar-refractivity contribution >= 4 is 64.2 Å². The van der Waals surface area contributed by atoms with E-state index in [4.69, 9.17) is 38.9 Å². The molecular formula is C85H118N10O15. The third kappa shape index (κ3) is 20.8. The van der Waals surface area contributed by atoms with Crippen LogP contribution in [0.4, 0.5) is 17.1 Å². The van der Waals surface area contributed by atoms with Gasteiger partial charge in [0.2, 0.25) is 41.4 Å². The normalized spacial score (nSPS) is 21.5. The van der Waals surface area contributed by atoms with Crippen molar-refractivity contribution in [2.75, 3.05) is 121 Å². The standard InChI is InChI=1S/C85H118N10O15/c1-9-10-38-104-42-46-108-49-45-107-41-37-95-78-65-19-13-14-20-68(65)94(56-61-17-11-12-18-64(61)77(78)92-93-95)75(100)30-29-72(97)87-36-40-106-44-48-110-51-50-109-47-43-105-39-31-73(98)90-76(57(2)3)69(96)52-58(4)79(101)89-63-26-22-60-24-28-71-83(6,67(60)54-63)33-16-35-85(71,8)81(103)91-80(102)84(7)34-15-32-82(5)66-53-62(88-74(99)55-86)25-21-59(66)23-27-70(82)84/h11-14,17-22,25-26,53-54,57-58,70-71,76H,9-10,15-16,23-24,27-52,55-56,86H2,1-8H3,(H,87,97)(H,88,99)(H,89,101)(H,90,98)(H,91,102,103)/t58-,70-,71-,76+,82-,83-,84+,85+/m1/s1. The van der Waals surface area contributed by atoms with Gasteiger partial charge in [-0.2, -0.15) is 0 Å². The highest BCUT2D eigenvalue weighted by Crippen LogP contribution is 2.60. The average Bonchev–Trinajstić information content (AvgIpc) is 0.915. The van der Waals surface area contributed by atoms with Gasteiger partial charge >= 0.3 is 0 Å². The van der Waals surface area contributed by atoms with Crippen molar-refractivity contribution in [3.05, 3.63) is 113 Å². The molecule has 110 heavy (non-hydrogen) atoms. The van der Waals surface area contributed by atoms with Crippen LogP contribution in [0.5, 0.6) is 0 Å². The lowest BCUT2D eigenvalue weighted by Gasteiger charge is -2.56. The van der Waals surface area contributed by atoms with Gasteiger partial charge in [-0.15, -0.1) is 5.10 Å². The number of rotatable bonds is 41. The minimum absolute atomic E-state index is 0.00246. The largest absolute Gasteiger partial charge is 0.379 e. The molecule has 2 saturated carbocycles. The monoisotopic (exact) mass is 1520 g/mol. The fraction of sp³-hybridized carbons (Fsp3) is 0.600. The highest BCUT2D eigenvalue weighted by molar-refractivity contribution is 6.03. The molecule has 0 saturated heterocycles. The second-order valence-electron chi connectivity index (χ2n) is 31.6. The lowest BCUT2D eigenvalue weighted by Crippen LogP contribution is -2.60. The van der Waals surface area contributed by atoms with E-state index in [0.717, 1.165) is 110 Å². The summed E-state index contributed by atoms with van der Waals surface area (Å²) in [5, 5.41) is 24.0. The number of ketones is 1. The number of imide groups is 1. The number of hydrogen-bond donors (Lipinski definition) is 6. The Bertz CT molecular complexity index is 4000. The van der Waals surface area contributed by atoms with Crippen LogP contribution in [0.2, 0.25) is 0 Å². The average molecular weight is 1520 g/mol. The van der Waals surface area contributed by atoms with Crippen LogP contribution >= 0.6 is 0 Å². The molecule has 7 N–H and O–H groups in total. The maximum atomic E-state index is 14.9. The number of nitrogens with one attached hydrogen (secondary N) is 5. The van der Waals surface area contributed by atoms with Crippen molar-refractivity contribution in [1.29, 1.82) is 0 Å². The van der Waals surface area contributed by atoms with Crippen molar-refractivity contribution in [2.24, 2.45) is 40.2 Å². The molecule has 0 bridgehead atoms. The molecular weight excluding hydrogens is 1400 g/mol. The van der Waals surface area contributed by atoms with Crippen LogP contribution in [-0.4, -0.2) is 174 Å². The first-order valence-electron chi connectivity index (χ1n) is 40.0. The van der Waals surface area contributed by atoms with Crippen LogP contribution in [0.1, 0.15) is 173 Å². The molecule has 598 valence electrons. The smallest absolute Gasteiger partial charge is 0.238 e. The zero-order chi connectivity index (χ0) is 78.4. The number of nitrogens with zero attached hydrogens (tertiary/aromatic N) is 4. The Hall–Kier alpha value is -8.14. The Kier molecular flexibility index (Phi) is 30.5. The van der Waals surface area contributed by atoms with Gasteiger partial charge in [-0.25, -0.2) is 4.68 Å². The first-order chi connectivity index (χ1) is 53.0. The number of Topliss-reactive ketones (excluding diaryl/α,β-unsaturated/α-hetero) is 1. The summed E-state index contributed by atoms with van der Waals surface area (Å²) in [5.74, 6) is -3.10. The van der Waals surface area contributed by atoms with E-state index in [2.05, 4.69) is 75.9 Å². The van der Waals surface area contributed by atoms with Gasteiger partial charge in [-0.1, -0.05) is 134 Å². The molecule has 7 amide bonds. The van der Waals surface area contributed by atoms with Gasteiger partial charge in [-0.05, 0) is 145 Å². The number of aromatic nitrogens is 3. The Morgan fingerprint density at radius 1 is 0.573 bits per heavy atom. The second-order valence-corrected chi connectivity index (χ2v) is 31.6. The van der Waals surface area contributed by atoms with Gasteiger partial charge < -0.3 is 65.1 Å². The second kappa shape index (κ2) is 39.9. The lowest BCUT2D eigenvalue weighted by molar-refractivity contribution is -0.150.